The molecule has 44 heavy (non-hydrogen) atoms. The molecular weight excluding hydrogens is 554 g/mol. The van der Waals surface area contributed by atoms with Crippen LogP contribution in [0.4, 0.5) is 17.1 Å². The first-order valence-electron chi connectivity index (χ1n) is 14.2. The van der Waals surface area contributed by atoms with Gasteiger partial charge in [-0.3, -0.25) is 9.59 Å². The Balaban J connectivity index is 1.81. The number of carbonyl (C=O) groups is 2. The quantitative estimate of drug-likeness (QED) is 0.148. The Morgan fingerprint density at radius 1 is 1.02 bits per heavy atom. The van der Waals surface area contributed by atoms with Gasteiger partial charge in [0.2, 0.25) is 11.4 Å². The predicted molar refractivity (Wildman–Crippen MR) is 167 cm³/mol. The van der Waals surface area contributed by atoms with E-state index in [0.29, 0.717) is 22.5 Å². The molecule has 2 heterocycles. The average Bonchev–Trinajstić information content (AvgIpc) is 3.33. The molecule has 0 bridgehead atoms. The first kappa shape index (κ1) is 31.5. The van der Waals surface area contributed by atoms with Gasteiger partial charge in [0.1, 0.15) is 18.1 Å². The first-order valence-corrected chi connectivity index (χ1v) is 14.2. The minimum Gasteiger partial charge on any atom is -0.481 e. The third kappa shape index (κ3) is 5.76. The number of hydrogen-bond donors (Lipinski definition) is 2. The largest absolute Gasteiger partial charge is 0.481 e. The van der Waals surface area contributed by atoms with E-state index in [0.717, 1.165) is 33.8 Å². The number of nitrogens with zero attached hydrogens (tertiary/aromatic N) is 5. The molecule has 0 radical (unpaired) electrons. The second kappa shape index (κ2) is 12.0. The van der Waals surface area contributed by atoms with E-state index in [9.17, 15) is 30.3 Å². The zero-order valence-corrected chi connectivity index (χ0v) is 25.5. The van der Waals surface area contributed by atoms with Gasteiger partial charge in [0, 0.05) is 28.9 Å². The number of aliphatic carboxylic acids is 2. The smallest absolute Gasteiger partial charge is 0.309 e. The molecule has 2 aromatic rings. The molecule has 4 rings (SSSR count). The van der Waals surface area contributed by atoms with Crippen LogP contribution in [0.1, 0.15) is 64.2 Å². The summed E-state index contributed by atoms with van der Waals surface area (Å²) in [4.78, 5) is 28.5. The van der Waals surface area contributed by atoms with Crippen molar-refractivity contribution in [2.45, 2.75) is 58.3 Å². The molecule has 0 unspecified atom stereocenters. The van der Waals surface area contributed by atoms with Crippen molar-refractivity contribution in [3.05, 3.63) is 99.6 Å². The summed E-state index contributed by atoms with van der Waals surface area (Å²) in [5, 5.41) is 38.7. The highest BCUT2D eigenvalue weighted by molar-refractivity contribution is 6.10. The number of nitriles is 2. The molecule has 2 N–H and O–H groups in total. The maximum absolute atomic E-state index is 11.5. The van der Waals surface area contributed by atoms with Crippen molar-refractivity contribution < 1.29 is 24.4 Å². The highest BCUT2D eigenvalue weighted by atomic mass is 16.4. The number of benzene rings is 2. The number of carboxylic acids is 2. The van der Waals surface area contributed by atoms with Crippen molar-refractivity contribution in [1.82, 2.24) is 0 Å². The van der Waals surface area contributed by atoms with Crippen LogP contribution in [0.3, 0.4) is 0 Å². The average molecular weight is 589 g/mol. The molecule has 9 heteroatoms. The van der Waals surface area contributed by atoms with Gasteiger partial charge in [0.25, 0.3) is 0 Å². The zero-order chi connectivity index (χ0) is 32.4. The number of hydrogen-bond acceptors (Lipinski definition) is 5. The normalized spacial score (nSPS) is 17.5. The van der Waals surface area contributed by atoms with E-state index in [2.05, 4.69) is 17.0 Å². The van der Waals surface area contributed by atoms with Gasteiger partial charge < -0.3 is 15.1 Å². The predicted octanol–water partition coefficient (Wildman–Crippen LogP) is 6.51. The maximum atomic E-state index is 11.5. The van der Waals surface area contributed by atoms with Crippen LogP contribution >= 0.6 is 0 Å². The van der Waals surface area contributed by atoms with Crippen LogP contribution < -0.4 is 4.90 Å². The fourth-order valence-electron chi connectivity index (χ4n) is 6.17. The van der Waals surface area contributed by atoms with Gasteiger partial charge in [-0.05, 0) is 80.5 Å². The second-order valence-electron chi connectivity index (χ2n) is 12.0. The monoisotopic (exact) mass is 588 g/mol. The van der Waals surface area contributed by atoms with E-state index < -0.39 is 22.8 Å². The first-order chi connectivity index (χ1) is 20.8. The van der Waals surface area contributed by atoms with E-state index in [4.69, 9.17) is 6.57 Å². The fraction of sp³-hybridized carbons (Fsp3) is 0.314. The molecule has 2 aliphatic heterocycles. The van der Waals surface area contributed by atoms with E-state index in [-0.39, 0.29) is 25.9 Å². The van der Waals surface area contributed by atoms with Crippen LogP contribution in [-0.4, -0.2) is 45.5 Å². The van der Waals surface area contributed by atoms with Gasteiger partial charge in [0.15, 0.2) is 12.2 Å². The van der Waals surface area contributed by atoms with E-state index in [1.54, 1.807) is 24.3 Å². The van der Waals surface area contributed by atoms with Crippen molar-refractivity contribution >= 4 is 34.7 Å². The minimum atomic E-state index is -0.951. The third-order valence-electron chi connectivity index (χ3n) is 8.31. The highest BCUT2D eigenvalue weighted by Crippen LogP contribution is 2.48. The maximum Gasteiger partial charge on any atom is 0.309 e. The fourth-order valence-corrected chi connectivity index (χ4v) is 6.17. The van der Waals surface area contributed by atoms with Crippen molar-refractivity contribution in [2.75, 3.05) is 18.0 Å². The Kier molecular flexibility index (Phi) is 8.61. The lowest BCUT2D eigenvalue weighted by atomic mass is 9.78. The Labute approximate surface area is 257 Å². The Bertz CT molecular complexity index is 1820. The number of carboxylic acid groups (broad SMARTS) is 2. The molecule has 0 atom stereocenters. The second-order valence-corrected chi connectivity index (χ2v) is 12.0. The number of rotatable bonds is 9. The molecule has 0 amide bonds. The lowest BCUT2D eigenvalue weighted by Gasteiger charge is -2.26. The standard InChI is InChI=1S/C35H33N5O4/c1-22(7-12-30-34(2,3)26-18-23(20-36)8-10-28(26)39(30)15-13-31(41)42)17-24(21-37)33-35(4,5)27-19-25(38-6)9-11-29(27)40(33)16-14-32(43)44/h7-12,17-19H,13-16H2,1-5H3,(H-,41,42,43,44)/p+1. The highest BCUT2D eigenvalue weighted by Gasteiger charge is 2.47. The van der Waals surface area contributed by atoms with Crippen molar-refractivity contribution in [3.63, 3.8) is 0 Å². The molecule has 0 aromatic heterocycles. The molecular formula is C35H34N5O4+. The minimum absolute atomic E-state index is 0.0661. The summed E-state index contributed by atoms with van der Waals surface area (Å²) < 4.78 is 1.87. The number of anilines is 1. The van der Waals surface area contributed by atoms with E-state index >= 15 is 0 Å². The van der Waals surface area contributed by atoms with Crippen LogP contribution in [-0.2, 0) is 20.4 Å². The summed E-state index contributed by atoms with van der Waals surface area (Å²) in [6, 6.07) is 15.2. The molecule has 2 aromatic carbocycles. The van der Waals surface area contributed by atoms with Gasteiger partial charge in [-0.1, -0.05) is 19.9 Å². The Morgan fingerprint density at radius 3 is 2.34 bits per heavy atom. The van der Waals surface area contributed by atoms with Crippen molar-refractivity contribution in [2.24, 2.45) is 0 Å². The van der Waals surface area contributed by atoms with Gasteiger partial charge in [-0.15, -0.1) is 0 Å². The lowest BCUT2D eigenvalue weighted by Crippen LogP contribution is -2.31. The van der Waals surface area contributed by atoms with Gasteiger partial charge in [-0.2, -0.15) is 15.1 Å². The van der Waals surface area contributed by atoms with Crippen LogP contribution in [0, 0.1) is 29.2 Å². The summed E-state index contributed by atoms with van der Waals surface area (Å²) in [6.45, 7) is 17.8. The SMILES string of the molecule is [C-]#[N+]c1ccc2c(c1)C(C)(C)C(/C(C#N)=C/C(C)=C/C=C1/N(CCC(=O)O)c3ccc(C#N)cc3C1(C)C)=[N+]2CCC(=O)O. The van der Waals surface area contributed by atoms with E-state index in [1.807, 2.05) is 74.4 Å². The number of allylic oxidation sites excluding steroid dienone is 6. The zero-order valence-electron chi connectivity index (χ0n) is 25.5. The van der Waals surface area contributed by atoms with Crippen LogP contribution in [0.15, 0.2) is 71.5 Å². The van der Waals surface area contributed by atoms with Gasteiger partial charge in [0.05, 0.1) is 30.0 Å². The van der Waals surface area contributed by atoms with Crippen LogP contribution in [0.2, 0.25) is 0 Å². The molecule has 0 aliphatic carbocycles. The summed E-state index contributed by atoms with van der Waals surface area (Å²) in [7, 11) is 0. The molecule has 9 nitrogen and oxygen atoms in total. The summed E-state index contributed by atoms with van der Waals surface area (Å²) in [6.07, 6.45) is 5.39. The Morgan fingerprint density at radius 2 is 1.73 bits per heavy atom. The molecule has 0 saturated heterocycles. The van der Waals surface area contributed by atoms with E-state index in [1.165, 1.54) is 0 Å². The molecule has 0 spiro atoms. The molecule has 2 aliphatic rings. The third-order valence-corrected chi connectivity index (χ3v) is 8.31. The van der Waals surface area contributed by atoms with Gasteiger partial charge in [-0.25, -0.2) is 4.85 Å². The van der Waals surface area contributed by atoms with Crippen LogP contribution in [0.25, 0.3) is 4.85 Å². The summed E-state index contributed by atoms with van der Waals surface area (Å²) in [5.41, 5.74) is 5.90. The molecule has 222 valence electrons. The molecule has 0 fully saturated rings. The molecule has 0 saturated carbocycles. The number of fused-ring (bicyclic) bond motifs is 2. The van der Waals surface area contributed by atoms with Crippen LogP contribution in [0.5, 0.6) is 0 Å². The van der Waals surface area contributed by atoms with Gasteiger partial charge >= 0.3 is 11.9 Å². The summed E-state index contributed by atoms with van der Waals surface area (Å²) >= 11 is 0. The van der Waals surface area contributed by atoms with Crippen molar-refractivity contribution in [1.29, 1.82) is 10.5 Å². The van der Waals surface area contributed by atoms with Crippen molar-refractivity contribution in [3.8, 4) is 12.1 Å². The topological polar surface area (TPSA) is 133 Å². The Hall–Kier alpha value is -5.46. The lowest BCUT2D eigenvalue weighted by molar-refractivity contribution is -0.437. The summed E-state index contributed by atoms with van der Waals surface area (Å²) in [5.74, 6) is -1.86.